The van der Waals surface area contributed by atoms with E-state index in [0.29, 0.717) is 17.4 Å². The molecule has 0 amide bonds. The maximum Gasteiger partial charge on any atom is 0.196 e. The van der Waals surface area contributed by atoms with Gasteiger partial charge in [0.15, 0.2) is 11.7 Å². The van der Waals surface area contributed by atoms with Gasteiger partial charge in [0.2, 0.25) is 0 Å². The first kappa shape index (κ1) is 15.0. The highest BCUT2D eigenvalue weighted by molar-refractivity contribution is 5.96. The summed E-state index contributed by atoms with van der Waals surface area (Å²) in [6.45, 7) is 1.56. The Morgan fingerprint density at radius 3 is 2.67 bits per heavy atom. The average molecular weight is 306 g/mol. The van der Waals surface area contributed by atoms with Crippen molar-refractivity contribution in [3.63, 3.8) is 0 Å². The third-order valence-corrected chi connectivity index (χ3v) is 2.86. The van der Waals surface area contributed by atoms with E-state index in [9.17, 15) is 5.11 Å². The summed E-state index contributed by atoms with van der Waals surface area (Å²) in [5, 5.41) is 15.9. The van der Waals surface area contributed by atoms with E-state index in [0.717, 1.165) is 18.8 Å². The zero-order valence-corrected chi connectivity index (χ0v) is 12.1. The van der Waals surface area contributed by atoms with Crippen LogP contribution in [0.5, 0.6) is 17.2 Å². The van der Waals surface area contributed by atoms with Crippen molar-refractivity contribution < 1.29 is 9.84 Å². The van der Waals surface area contributed by atoms with Gasteiger partial charge in [0.25, 0.3) is 0 Å². The minimum atomic E-state index is 0. The Morgan fingerprint density at radius 1 is 1.14 bits per heavy atom. The molecule has 0 aliphatic carbocycles. The molecule has 21 heavy (non-hydrogen) atoms. The van der Waals surface area contributed by atoms with Crippen LogP contribution in [0.1, 0.15) is 0 Å². The van der Waals surface area contributed by atoms with Gasteiger partial charge in [-0.2, -0.15) is 0 Å². The number of guanidine groups is 1. The first-order chi connectivity index (χ1) is 9.81. The van der Waals surface area contributed by atoms with Crippen molar-refractivity contribution in [2.45, 2.75) is 0 Å². The molecule has 110 valence electrons. The fourth-order valence-corrected chi connectivity index (χ4v) is 1.93. The minimum absolute atomic E-state index is 0. The molecule has 6 heteroatoms. The quantitative estimate of drug-likeness (QED) is 0.815. The number of nitrogens with zero attached hydrogens (tertiary/aromatic N) is 1. The number of nitrogens with one attached hydrogen (secondary N) is 2. The van der Waals surface area contributed by atoms with Crippen LogP contribution in [0.3, 0.4) is 0 Å². The summed E-state index contributed by atoms with van der Waals surface area (Å²) in [6.07, 6.45) is 0. The normalized spacial score (nSPS) is 12.9. The smallest absolute Gasteiger partial charge is 0.196 e. The topological polar surface area (TPSA) is 65.9 Å². The lowest BCUT2D eigenvalue weighted by Gasteiger charge is -2.13. The number of hydrogen-bond acceptors (Lipinski definition) is 5. The van der Waals surface area contributed by atoms with E-state index in [2.05, 4.69) is 15.6 Å². The number of phenols is 1. The molecule has 0 fully saturated rings. The molecule has 0 aromatic heterocycles. The highest BCUT2D eigenvalue weighted by Crippen LogP contribution is 2.32. The van der Waals surface area contributed by atoms with E-state index in [-0.39, 0.29) is 18.2 Å². The van der Waals surface area contributed by atoms with Gasteiger partial charge in [-0.05, 0) is 24.3 Å². The maximum atomic E-state index is 9.62. The van der Waals surface area contributed by atoms with Crippen molar-refractivity contribution in [2.75, 3.05) is 18.4 Å². The second-order valence-electron chi connectivity index (χ2n) is 4.38. The SMILES string of the molecule is Cl.Oc1ccc(Oc2ccccc2)c(NC2=NCCN2)c1. The molecule has 0 radical (unpaired) electrons. The zero-order chi connectivity index (χ0) is 13.8. The Balaban J connectivity index is 0.00000161. The van der Waals surface area contributed by atoms with Crippen LogP contribution in [0.25, 0.3) is 0 Å². The predicted octanol–water partition coefficient (Wildman–Crippen LogP) is 2.98. The third kappa shape index (κ3) is 3.79. The molecule has 0 atom stereocenters. The second-order valence-corrected chi connectivity index (χ2v) is 4.38. The molecule has 0 bridgehead atoms. The van der Waals surface area contributed by atoms with Crippen LogP contribution in [0.4, 0.5) is 5.69 Å². The number of ether oxygens (including phenoxy) is 1. The van der Waals surface area contributed by atoms with Crippen LogP contribution >= 0.6 is 12.4 Å². The molecule has 3 N–H and O–H groups in total. The highest BCUT2D eigenvalue weighted by Gasteiger charge is 2.11. The summed E-state index contributed by atoms with van der Waals surface area (Å²) in [4.78, 5) is 4.27. The van der Waals surface area contributed by atoms with Crippen molar-refractivity contribution >= 4 is 24.1 Å². The van der Waals surface area contributed by atoms with Crippen LogP contribution in [0.2, 0.25) is 0 Å². The maximum absolute atomic E-state index is 9.62. The Labute approximate surface area is 129 Å². The van der Waals surface area contributed by atoms with Gasteiger partial charge in [0.05, 0.1) is 12.2 Å². The van der Waals surface area contributed by atoms with Gasteiger partial charge in [-0.1, -0.05) is 18.2 Å². The third-order valence-electron chi connectivity index (χ3n) is 2.86. The van der Waals surface area contributed by atoms with Crippen LogP contribution in [0.15, 0.2) is 53.5 Å². The molecular weight excluding hydrogens is 290 g/mol. The molecule has 0 spiro atoms. The van der Waals surface area contributed by atoms with Crippen LogP contribution < -0.4 is 15.4 Å². The number of anilines is 1. The van der Waals surface area contributed by atoms with E-state index >= 15 is 0 Å². The van der Waals surface area contributed by atoms with Crippen molar-refractivity contribution in [3.05, 3.63) is 48.5 Å². The Bertz CT molecular complexity index is 632. The first-order valence-electron chi connectivity index (χ1n) is 6.42. The van der Waals surface area contributed by atoms with Crippen LogP contribution in [-0.2, 0) is 0 Å². The number of rotatable bonds is 3. The van der Waals surface area contributed by atoms with Gasteiger partial charge in [-0.15, -0.1) is 12.4 Å². The summed E-state index contributed by atoms with van der Waals surface area (Å²) >= 11 is 0. The Hall–Kier alpha value is -2.40. The lowest BCUT2D eigenvalue weighted by molar-refractivity contribution is 0.466. The van der Waals surface area contributed by atoms with Gasteiger partial charge in [0.1, 0.15) is 11.5 Å². The lowest BCUT2D eigenvalue weighted by Crippen LogP contribution is -2.26. The highest BCUT2D eigenvalue weighted by atomic mass is 35.5. The predicted molar refractivity (Wildman–Crippen MR) is 85.8 cm³/mol. The summed E-state index contributed by atoms with van der Waals surface area (Å²) in [5.74, 6) is 2.23. The van der Waals surface area contributed by atoms with E-state index < -0.39 is 0 Å². The number of aliphatic imine (C=N–C) groups is 1. The fraction of sp³-hybridized carbons (Fsp3) is 0.133. The monoisotopic (exact) mass is 305 g/mol. The molecule has 2 aromatic rings. The largest absolute Gasteiger partial charge is 0.508 e. The van der Waals surface area contributed by atoms with Crippen LogP contribution in [0, 0.1) is 0 Å². The molecule has 0 saturated carbocycles. The lowest BCUT2D eigenvalue weighted by atomic mass is 10.2. The Kier molecular flexibility index (Phi) is 4.90. The molecule has 2 aromatic carbocycles. The molecule has 1 heterocycles. The summed E-state index contributed by atoms with van der Waals surface area (Å²) in [7, 11) is 0. The standard InChI is InChI=1S/C15H15N3O2.ClH/c19-11-6-7-14(20-12-4-2-1-3-5-12)13(10-11)18-15-16-8-9-17-15;/h1-7,10,19H,8-9H2,(H2,16,17,18);1H. The zero-order valence-electron chi connectivity index (χ0n) is 11.2. The Morgan fingerprint density at radius 2 is 1.95 bits per heavy atom. The second kappa shape index (κ2) is 6.85. The van der Waals surface area contributed by atoms with Gasteiger partial charge >= 0.3 is 0 Å². The van der Waals surface area contributed by atoms with E-state index in [1.165, 1.54) is 0 Å². The number of phenolic OH excluding ortho intramolecular Hbond substituents is 1. The van der Waals surface area contributed by atoms with Gasteiger partial charge in [-0.3, -0.25) is 4.99 Å². The van der Waals surface area contributed by atoms with E-state index in [4.69, 9.17) is 4.74 Å². The average Bonchev–Trinajstić information content (AvgIpc) is 2.96. The molecule has 5 nitrogen and oxygen atoms in total. The summed E-state index contributed by atoms with van der Waals surface area (Å²) in [5.41, 5.74) is 0.669. The summed E-state index contributed by atoms with van der Waals surface area (Å²) in [6, 6.07) is 14.4. The number of aromatic hydroxyl groups is 1. The van der Waals surface area contributed by atoms with Crippen molar-refractivity contribution in [1.82, 2.24) is 5.32 Å². The number of halogens is 1. The molecule has 3 rings (SSSR count). The van der Waals surface area contributed by atoms with Crippen LogP contribution in [-0.4, -0.2) is 24.2 Å². The van der Waals surface area contributed by atoms with Gasteiger partial charge < -0.3 is 20.5 Å². The molecular formula is C15H16ClN3O2. The molecule has 0 unspecified atom stereocenters. The fourth-order valence-electron chi connectivity index (χ4n) is 1.93. The first-order valence-corrected chi connectivity index (χ1v) is 6.42. The molecule has 0 saturated heterocycles. The van der Waals surface area contributed by atoms with Gasteiger partial charge in [0, 0.05) is 12.6 Å². The number of hydrogen-bond donors (Lipinski definition) is 3. The summed E-state index contributed by atoms with van der Waals surface area (Å²) < 4.78 is 5.82. The van der Waals surface area contributed by atoms with Gasteiger partial charge in [-0.25, -0.2) is 0 Å². The van der Waals surface area contributed by atoms with Crippen molar-refractivity contribution in [1.29, 1.82) is 0 Å². The van der Waals surface area contributed by atoms with E-state index in [1.807, 2.05) is 30.3 Å². The minimum Gasteiger partial charge on any atom is -0.508 e. The number of para-hydroxylation sites is 1. The molecule has 1 aliphatic rings. The number of benzene rings is 2. The van der Waals surface area contributed by atoms with E-state index in [1.54, 1.807) is 18.2 Å². The van der Waals surface area contributed by atoms with Crippen molar-refractivity contribution in [3.8, 4) is 17.2 Å². The van der Waals surface area contributed by atoms with Crippen molar-refractivity contribution in [2.24, 2.45) is 4.99 Å². The molecule has 1 aliphatic heterocycles.